The number of imide groups is 1. The third-order valence-electron chi connectivity index (χ3n) is 8.51. The molecule has 0 spiro atoms. The number of nitrogens with zero attached hydrogens (tertiary/aromatic N) is 5. The minimum Gasteiger partial charge on any atom is -0.320 e. The normalized spacial score (nSPS) is 24.6. The first kappa shape index (κ1) is 23.1. The molecule has 1 saturated heterocycles. The van der Waals surface area contributed by atoms with Crippen LogP contribution in [0.3, 0.4) is 0 Å². The third kappa shape index (κ3) is 2.78. The van der Waals surface area contributed by atoms with Crippen LogP contribution in [-0.4, -0.2) is 38.1 Å². The first-order valence-electron chi connectivity index (χ1n) is 13.0. The number of benzene rings is 3. The number of para-hydroxylation sites is 1. The van der Waals surface area contributed by atoms with Crippen molar-refractivity contribution < 1.29 is 14.4 Å². The summed E-state index contributed by atoms with van der Waals surface area (Å²) in [6.07, 6.45) is 0. The van der Waals surface area contributed by atoms with Crippen LogP contribution in [0.2, 0.25) is 0 Å². The number of carbonyl (C=O) groups excluding carboxylic acids is 3. The molecule has 3 amide bonds. The first-order chi connectivity index (χ1) is 19.5. The molecular weight excluding hydrogens is 524 g/mol. The Hall–Kier alpha value is -4.83. The quantitative estimate of drug-likeness (QED) is 0.223. The van der Waals surface area contributed by atoms with Gasteiger partial charge in [0, 0.05) is 17.5 Å². The summed E-state index contributed by atoms with van der Waals surface area (Å²) in [7, 11) is 0. The van der Waals surface area contributed by atoms with Crippen molar-refractivity contribution in [3.8, 4) is 5.69 Å². The predicted octanol–water partition coefficient (Wildman–Crippen LogP) is 3.63. The summed E-state index contributed by atoms with van der Waals surface area (Å²) < 4.78 is 1.68. The summed E-state index contributed by atoms with van der Waals surface area (Å²) >= 11 is 1.04. The molecule has 2 unspecified atom stereocenters. The van der Waals surface area contributed by atoms with Crippen molar-refractivity contribution in [2.24, 2.45) is 27.8 Å². The maximum absolute atomic E-state index is 14.5. The van der Waals surface area contributed by atoms with Gasteiger partial charge in [0.25, 0.3) is 17.7 Å². The summed E-state index contributed by atoms with van der Waals surface area (Å²) in [4.78, 5) is 48.5. The zero-order valence-corrected chi connectivity index (χ0v) is 22.1. The number of aliphatic imine (C=N–C) groups is 1. The molecule has 3 heterocycles. The zero-order valence-electron chi connectivity index (χ0n) is 21.3. The van der Waals surface area contributed by atoms with Crippen LogP contribution in [0.25, 0.3) is 5.69 Å². The van der Waals surface area contributed by atoms with Gasteiger partial charge < -0.3 is 5.84 Å². The van der Waals surface area contributed by atoms with Gasteiger partial charge in [-0.05, 0) is 41.3 Å². The van der Waals surface area contributed by atoms with E-state index in [1.807, 2.05) is 66.7 Å². The van der Waals surface area contributed by atoms with Crippen molar-refractivity contribution >= 4 is 40.7 Å². The average Bonchev–Trinajstić information content (AvgIpc) is 3.31. The van der Waals surface area contributed by atoms with Crippen molar-refractivity contribution in [3.05, 3.63) is 111 Å². The maximum atomic E-state index is 14.5. The molecule has 10 heteroatoms. The third-order valence-corrected chi connectivity index (χ3v) is 9.54. The second-order valence-corrected chi connectivity index (χ2v) is 11.3. The molecule has 2 bridgehead atoms. The lowest BCUT2D eigenvalue weighted by atomic mass is 9.53. The molecule has 0 saturated carbocycles. The zero-order chi connectivity index (χ0) is 27.3. The van der Waals surface area contributed by atoms with E-state index >= 15 is 0 Å². The molecule has 4 aromatic rings. The van der Waals surface area contributed by atoms with Crippen LogP contribution in [0.4, 0.5) is 5.82 Å². The first-order valence-corrected chi connectivity index (χ1v) is 13.8. The lowest BCUT2D eigenvalue weighted by molar-refractivity contribution is -0.169. The van der Waals surface area contributed by atoms with Crippen molar-refractivity contribution in [1.82, 2.24) is 14.6 Å². The number of aromatic nitrogens is 1. The number of hydrogen-bond acceptors (Lipinski definition) is 7. The molecule has 9 nitrogen and oxygen atoms in total. The Morgan fingerprint density at radius 2 is 1.25 bits per heavy atom. The fourth-order valence-corrected chi connectivity index (χ4v) is 7.97. The number of hydrogen-bond donors (Lipinski definition) is 1. The second-order valence-electron chi connectivity index (χ2n) is 10.4. The largest absolute Gasteiger partial charge is 0.320 e. The number of hydrazine groups is 1. The molecule has 3 aliphatic carbocycles. The van der Waals surface area contributed by atoms with Crippen LogP contribution in [0, 0.1) is 11.8 Å². The molecule has 196 valence electrons. The molecule has 9 rings (SSSR count). The monoisotopic (exact) mass is 546 g/mol. The van der Waals surface area contributed by atoms with E-state index in [4.69, 9.17) is 10.8 Å². The number of nitrogens with two attached hydrogens (primary N) is 1. The van der Waals surface area contributed by atoms with Gasteiger partial charge in [-0.15, -0.1) is 0 Å². The second kappa shape index (κ2) is 8.09. The highest BCUT2D eigenvalue weighted by Crippen LogP contribution is 2.60. The van der Waals surface area contributed by atoms with Crippen LogP contribution in [-0.2, 0) is 9.59 Å². The minimum absolute atomic E-state index is 0.191. The Morgan fingerprint density at radius 3 is 1.77 bits per heavy atom. The average molecular weight is 547 g/mol. The molecular formula is C30H22N6O3S. The van der Waals surface area contributed by atoms with E-state index in [0.29, 0.717) is 10.5 Å². The smallest absolute Gasteiger partial charge is 0.294 e. The van der Waals surface area contributed by atoms with E-state index in [9.17, 15) is 14.4 Å². The molecule has 0 radical (unpaired) electrons. The molecule has 1 fully saturated rings. The van der Waals surface area contributed by atoms with Gasteiger partial charge in [0.2, 0.25) is 4.80 Å². The standard InChI is InChI=1S/C30H22N6O3S/c1-15-32-26-25(40-30(33-31)34(26)16-9-3-2-4-10-16)29(39)36-28(38)24-22-19-13-7-5-11-17(19)21(23(24)27(37)35(15)36)18-12-6-8-14-20(18)22/h2-14,21-24H,31H2,1H3/b33-30-. The SMILES string of the molecule is CC1=Nc2c(s/c(=N\N)n2-c2ccccc2)C(=O)N2C(=O)C3C4c5ccccc5C(c5ccccc54)C3C(=O)N12. The van der Waals surface area contributed by atoms with E-state index < -0.39 is 23.7 Å². The van der Waals surface area contributed by atoms with Gasteiger partial charge in [0.05, 0.1) is 11.8 Å². The van der Waals surface area contributed by atoms with Crippen molar-refractivity contribution in [3.63, 3.8) is 0 Å². The lowest BCUT2D eigenvalue weighted by Gasteiger charge is -2.54. The van der Waals surface area contributed by atoms with E-state index in [1.165, 1.54) is 5.01 Å². The van der Waals surface area contributed by atoms with E-state index in [-0.39, 0.29) is 34.3 Å². The Bertz CT molecular complexity index is 1840. The highest BCUT2D eigenvalue weighted by molar-refractivity contribution is 7.12. The van der Waals surface area contributed by atoms with Gasteiger partial charge in [-0.3, -0.25) is 19.0 Å². The molecule has 1 aromatic heterocycles. The number of amidine groups is 1. The molecule has 40 heavy (non-hydrogen) atoms. The lowest BCUT2D eigenvalue weighted by Crippen LogP contribution is -2.67. The number of thiazole rings is 1. The van der Waals surface area contributed by atoms with Crippen LogP contribution in [0.15, 0.2) is 89.0 Å². The van der Waals surface area contributed by atoms with Crippen molar-refractivity contribution in [1.29, 1.82) is 0 Å². The van der Waals surface area contributed by atoms with Gasteiger partial charge >= 0.3 is 0 Å². The number of carbonyl (C=O) groups is 3. The Morgan fingerprint density at radius 1 is 0.750 bits per heavy atom. The molecule has 2 aliphatic heterocycles. The fourth-order valence-electron chi connectivity index (χ4n) is 7.05. The van der Waals surface area contributed by atoms with E-state index in [0.717, 1.165) is 38.6 Å². The summed E-state index contributed by atoms with van der Waals surface area (Å²) in [6.45, 7) is 1.65. The Balaban J connectivity index is 1.35. The highest BCUT2D eigenvalue weighted by Gasteiger charge is 2.62. The van der Waals surface area contributed by atoms with Crippen LogP contribution < -0.4 is 10.6 Å². The number of fused-ring (bicyclic) bond motifs is 2. The van der Waals surface area contributed by atoms with Gasteiger partial charge in [-0.2, -0.15) is 15.1 Å². The summed E-state index contributed by atoms with van der Waals surface area (Å²) in [5, 5.41) is 6.10. The molecule has 2 atom stereocenters. The van der Waals surface area contributed by atoms with Crippen LogP contribution in [0.5, 0.6) is 0 Å². The van der Waals surface area contributed by atoms with Crippen LogP contribution >= 0.6 is 11.3 Å². The van der Waals surface area contributed by atoms with Gasteiger partial charge in [-0.25, -0.2) is 4.99 Å². The Kier molecular flexibility index (Phi) is 4.67. The van der Waals surface area contributed by atoms with Crippen molar-refractivity contribution in [2.45, 2.75) is 18.8 Å². The van der Waals surface area contributed by atoms with Gasteiger partial charge in [-0.1, -0.05) is 78.1 Å². The van der Waals surface area contributed by atoms with Crippen molar-refractivity contribution in [2.75, 3.05) is 0 Å². The van der Waals surface area contributed by atoms with E-state index in [2.05, 4.69) is 17.2 Å². The topological polar surface area (TPSA) is 113 Å². The predicted molar refractivity (Wildman–Crippen MR) is 148 cm³/mol. The summed E-state index contributed by atoms with van der Waals surface area (Å²) in [5.41, 5.74) is 4.91. The van der Waals surface area contributed by atoms with Gasteiger partial charge in [0.15, 0.2) is 5.82 Å². The summed E-state index contributed by atoms with van der Waals surface area (Å²) in [6, 6.07) is 25.4. The number of amides is 3. The molecule has 3 aromatic carbocycles. The molecule has 2 N–H and O–H groups in total. The van der Waals surface area contributed by atoms with E-state index in [1.54, 1.807) is 11.5 Å². The maximum Gasteiger partial charge on any atom is 0.294 e. The highest BCUT2D eigenvalue weighted by atomic mass is 32.1. The molecule has 5 aliphatic rings. The Labute approximate surface area is 232 Å². The van der Waals surface area contributed by atoms with Gasteiger partial charge in [0.1, 0.15) is 10.7 Å². The number of rotatable bonds is 1. The summed E-state index contributed by atoms with van der Waals surface area (Å²) in [5.74, 6) is 2.95. The minimum atomic E-state index is -0.711. The fraction of sp³-hybridized carbons (Fsp3) is 0.167. The van der Waals surface area contributed by atoms with Crippen LogP contribution in [0.1, 0.15) is 50.7 Å².